The van der Waals surface area contributed by atoms with E-state index in [1.54, 1.807) is 18.4 Å². The third kappa shape index (κ3) is 3.64. The lowest BCUT2D eigenvalue weighted by Gasteiger charge is -1.98. The molecule has 0 spiro atoms. The molecule has 2 rings (SSSR count). The number of rotatable bonds is 3. The van der Waals surface area contributed by atoms with Crippen LogP contribution in [0.4, 0.5) is 0 Å². The first-order chi connectivity index (χ1) is 9.19. The molecule has 7 heteroatoms. The van der Waals surface area contributed by atoms with Crippen LogP contribution in [0.3, 0.4) is 0 Å². The van der Waals surface area contributed by atoms with Crippen molar-refractivity contribution in [3.8, 4) is 11.8 Å². The lowest BCUT2D eigenvalue weighted by molar-refractivity contribution is 0.0950. The molecule has 2 aromatic heterocycles. The van der Waals surface area contributed by atoms with E-state index >= 15 is 0 Å². The van der Waals surface area contributed by atoms with Gasteiger partial charge in [0.25, 0.3) is 5.91 Å². The molecule has 0 radical (unpaired) electrons. The Morgan fingerprint density at radius 2 is 2.47 bits per heavy atom. The number of hydrogen-bond acceptors (Lipinski definition) is 6. The number of aliphatic hydroxyl groups excluding tert-OH is 1. The first-order valence-electron chi connectivity index (χ1n) is 5.44. The van der Waals surface area contributed by atoms with Crippen LogP contribution >= 0.6 is 11.3 Å². The maximum Gasteiger partial charge on any atom is 0.252 e. The highest BCUT2D eigenvalue weighted by molar-refractivity contribution is 7.10. The molecule has 2 aromatic rings. The zero-order chi connectivity index (χ0) is 13.7. The molecule has 0 aliphatic heterocycles. The maximum atomic E-state index is 11.8. The van der Waals surface area contributed by atoms with E-state index in [-0.39, 0.29) is 19.1 Å². The molecule has 0 aliphatic carbocycles. The highest BCUT2D eigenvalue weighted by Crippen LogP contribution is 2.13. The molecular weight excluding hydrogens is 266 g/mol. The minimum atomic E-state index is -0.226. The zero-order valence-corrected chi connectivity index (χ0v) is 11.0. The molecule has 1 amide bonds. The molecule has 0 unspecified atom stereocenters. The predicted molar refractivity (Wildman–Crippen MR) is 68.5 cm³/mol. The number of hydrogen-bond donors (Lipinski definition) is 2. The fraction of sp³-hybridized carbons (Fsp3) is 0.250. The summed E-state index contributed by atoms with van der Waals surface area (Å²) in [5.74, 6) is 5.94. The van der Waals surface area contributed by atoms with Crippen LogP contribution < -0.4 is 5.32 Å². The normalized spacial score (nSPS) is 9.79. The molecule has 98 valence electrons. The lowest BCUT2D eigenvalue weighted by Crippen LogP contribution is -2.22. The molecule has 0 aliphatic rings. The first-order valence-corrected chi connectivity index (χ1v) is 6.32. The highest BCUT2D eigenvalue weighted by atomic mass is 32.1. The third-order valence-electron chi connectivity index (χ3n) is 2.13. The van der Waals surface area contributed by atoms with Crippen LogP contribution in [0.25, 0.3) is 0 Å². The summed E-state index contributed by atoms with van der Waals surface area (Å²) < 4.78 is 4.80. The first kappa shape index (κ1) is 13.3. The largest absolute Gasteiger partial charge is 0.384 e. The highest BCUT2D eigenvalue weighted by Gasteiger charge is 2.09. The topological polar surface area (TPSA) is 88.2 Å². The van der Waals surface area contributed by atoms with E-state index in [0.29, 0.717) is 17.3 Å². The molecular formula is C12H11N3O3S. The molecule has 0 fully saturated rings. The van der Waals surface area contributed by atoms with Crippen LogP contribution in [-0.2, 0) is 6.54 Å². The Balaban J connectivity index is 1.94. The minimum absolute atomic E-state index is 0.198. The van der Waals surface area contributed by atoms with Gasteiger partial charge in [0.05, 0.1) is 17.0 Å². The van der Waals surface area contributed by atoms with E-state index in [2.05, 4.69) is 27.3 Å². The number of carbonyl (C=O) groups excluding carboxylic acids is 1. The standard InChI is InChI=1S/C12H11N3O3S/c1-8-14-11(15-18-8)6-13-12(17)9-5-10(19-7-9)3-2-4-16/h5,7,16H,4,6H2,1H3,(H,13,17). The van der Waals surface area contributed by atoms with Crippen LogP contribution in [0.1, 0.15) is 27.0 Å². The Morgan fingerprint density at radius 1 is 1.63 bits per heavy atom. The second-order valence-electron chi connectivity index (χ2n) is 3.57. The average molecular weight is 277 g/mol. The number of thiophene rings is 1. The van der Waals surface area contributed by atoms with Gasteiger partial charge in [0.1, 0.15) is 6.61 Å². The van der Waals surface area contributed by atoms with E-state index < -0.39 is 0 Å². The smallest absolute Gasteiger partial charge is 0.252 e. The van der Waals surface area contributed by atoms with E-state index in [9.17, 15) is 4.79 Å². The van der Waals surface area contributed by atoms with Gasteiger partial charge in [-0.3, -0.25) is 4.79 Å². The Labute approximate surface area is 113 Å². The van der Waals surface area contributed by atoms with Crippen molar-refractivity contribution in [2.24, 2.45) is 0 Å². The summed E-state index contributed by atoms with van der Waals surface area (Å²) in [6, 6.07) is 1.67. The Kier molecular flexibility index (Phi) is 4.28. The summed E-state index contributed by atoms with van der Waals surface area (Å²) in [7, 11) is 0. The van der Waals surface area contributed by atoms with Crippen molar-refractivity contribution in [1.82, 2.24) is 15.5 Å². The Hall–Kier alpha value is -2.17. The summed E-state index contributed by atoms with van der Waals surface area (Å²) in [5, 5.41) is 16.7. The van der Waals surface area contributed by atoms with Crippen LogP contribution in [-0.4, -0.2) is 27.8 Å². The van der Waals surface area contributed by atoms with Crippen molar-refractivity contribution < 1.29 is 14.4 Å². The van der Waals surface area contributed by atoms with Crippen molar-refractivity contribution in [2.45, 2.75) is 13.5 Å². The predicted octanol–water partition coefficient (Wildman–Crippen LogP) is 0.713. The molecule has 0 bridgehead atoms. The number of aromatic nitrogens is 2. The molecule has 0 aromatic carbocycles. The van der Waals surface area contributed by atoms with Gasteiger partial charge in [-0.05, 0) is 6.07 Å². The summed E-state index contributed by atoms with van der Waals surface area (Å²) in [6.45, 7) is 1.70. The van der Waals surface area contributed by atoms with Gasteiger partial charge >= 0.3 is 0 Å². The Bertz CT molecular complexity index is 636. The monoisotopic (exact) mass is 277 g/mol. The number of nitrogens with one attached hydrogen (secondary N) is 1. The van der Waals surface area contributed by atoms with Crippen LogP contribution in [0.15, 0.2) is 16.0 Å². The van der Waals surface area contributed by atoms with Gasteiger partial charge in [-0.1, -0.05) is 17.0 Å². The molecule has 0 saturated carbocycles. The summed E-state index contributed by atoms with van der Waals surface area (Å²) in [6.07, 6.45) is 0. The van der Waals surface area contributed by atoms with Crippen LogP contribution in [0.2, 0.25) is 0 Å². The van der Waals surface area contributed by atoms with Gasteiger partial charge < -0.3 is 14.9 Å². The van der Waals surface area contributed by atoms with Crippen LogP contribution in [0.5, 0.6) is 0 Å². The van der Waals surface area contributed by atoms with Gasteiger partial charge in [0.15, 0.2) is 5.82 Å². The molecule has 2 N–H and O–H groups in total. The van der Waals surface area contributed by atoms with E-state index in [1.807, 2.05) is 0 Å². The van der Waals surface area contributed by atoms with Gasteiger partial charge in [-0.2, -0.15) is 4.98 Å². The molecule has 6 nitrogen and oxygen atoms in total. The Morgan fingerprint density at radius 3 is 3.16 bits per heavy atom. The number of amides is 1. The molecule has 2 heterocycles. The van der Waals surface area contributed by atoms with E-state index in [4.69, 9.17) is 9.63 Å². The zero-order valence-electron chi connectivity index (χ0n) is 10.1. The summed E-state index contributed by atoms with van der Waals surface area (Å²) in [5.41, 5.74) is 0.521. The molecule has 0 atom stereocenters. The fourth-order valence-corrected chi connectivity index (χ4v) is 2.08. The molecule has 19 heavy (non-hydrogen) atoms. The summed E-state index contributed by atoms with van der Waals surface area (Å²) >= 11 is 1.35. The number of aliphatic hydroxyl groups is 1. The third-order valence-corrected chi connectivity index (χ3v) is 2.97. The maximum absolute atomic E-state index is 11.8. The van der Waals surface area contributed by atoms with Crippen molar-refractivity contribution >= 4 is 17.2 Å². The van der Waals surface area contributed by atoms with Crippen molar-refractivity contribution in [1.29, 1.82) is 0 Å². The number of aryl methyl sites for hydroxylation is 1. The van der Waals surface area contributed by atoms with Gasteiger partial charge in [-0.15, -0.1) is 11.3 Å². The SMILES string of the molecule is Cc1nc(CNC(=O)c2csc(C#CCO)c2)no1. The fourth-order valence-electron chi connectivity index (χ4n) is 1.32. The number of carbonyl (C=O) groups is 1. The average Bonchev–Trinajstić information content (AvgIpc) is 3.02. The van der Waals surface area contributed by atoms with Gasteiger partial charge in [0, 0.05) is 12.3 Å². The van der Waals surface area contributed by atoms with E-state index in [0.717, 1.165) is 4.88 Å². The van der Waals surface area contributed by atoms with E-state index in [1.165, 1.54) is 11.3 Å². The second kappa shape index (κ2) is 6.13. The second-order valence-corrected chi connectivity index (χ2v) is 4.48. The minimum Gasteiger partial charge on any atom is -0.384 e. The summed E-state index contributed by atoms with van der Waals surface area (Å²) in [4.78, 5) is 16.5. The van der Waals surface area contributed by atoms with Crippen molar-refractivity contribution in [3.63, 3.8) is 0 Å². The lowest BCUT2D eigenvalue weighted by atomic mass is 10.3. The number of nitrogens with zero attached hydrogens (tertiary/aromatic N) is 2. The van der Waals surface area contributed by atoms with Crippen molar-refractivity contribution in [3.05, 3.63) is 33.6 Å². The van der Waals surface area contributed by atoms with Gasteiger partial charge in [-0.25, -0.2) is 0 Å². The van der Waals surface area contributed by atoms with Crippen LogP contribution in [0, 0.1) is 18.8 Å². The van der Waals surface area contributed by atoms with Gasteiger partial charge in [0.2, 0.25) is 5.89 Å². The van der Waals surface area contributed by atoms with Crippen molar-refractivity contribution in [2.75, 3.05) is 6.61 Å². The quantitative estimate of drug-likeness (QED) is 0.807. The molecule has 0 saturated heterocycles.